The van der Waals surface area contributed by atoms with Crippen LogP contribution < -0.4 is 10.4 Å². The summed E-state index contributed by atoms with van der Waals surface area (Å²) in [6, 6.07) is 39.4. The number of ether oxygens (including phenoxy) is 4. The Bertz CT molecular complexity index is 3310. The fourth-order valence-electron chi connectivity index (χ4n) is 13.6. The van der Waals surface area contributed by atoms with E-state index in [9.17, 15) is 20.1 Å². The van der Waals surface area contributed by atoms with Crippen molar-refractivity contribution in [2.75, 3.05) is 26.9 Å². The van der Waals surface area contributed by atoms with Gasteiger partial charge < -0.3 is 38.7 Å². The van der Waals surface area contributed by atoms with Gasteiger partial charge in [0.15, 0.2) is 12.2 Å². The van der Waals surface area contributed by atoms with Crippen molar-refractivity contribution in [3.63, 3.8) is 0 Å². The lowest BCUT2D eigenvalue weighted by Gasteiger charge is -2.48. The first kappa shape index (κ1) is 52.2. The summed E-state index contributed by atoms with van der Waals surface area (Å²) in [6.07, 6.45) is 10.0. The molecule has 2 bridgehead atoms. The molecule has 3 aliphatic carbocycles. The summed E-state index contributed by atoms with van der Waals surface area (Å²) in [7, 11) is 1.51. The van der Waals surface area contributed by atoms with Crippen LogP contribution in [0.15, 0.2) is 154 Å². The number of carbonyl (C=O) groups is 2. The van der Waals surface area contributed by atoms with Crippen molar-refractivity contribution in [2.45, 2.75) is 113 Å². The van der Waals surface area contributed by atoms with Gasteiger partial charge in [-0.05, 0) is 139 Å². The van der Waals surface area contributed by atoms with Gasteiger partial charge in [0.2, 0.25) is 0 Å². The third-order valence-corrected chi connectivity index (χ3v) is 17.6. The zero-order chi connectivity index (χ0) is 53.4. The van der Waals surface area contributed by atoms with E-state index in [-0.39, 0.29) is 96.9 Å². The van der Waals surface area contributed by atoms with Gasteiger partial charge in [0, 0.05) is 60.3 Å². The molecule has 1 fully saturated rings. The fourth-order valence-corrected chi connectivity index (χ4v) is 13.6. The summed E-state index contributed by atoms with van der Waals surface area (Å²) in [5.74, 6) is -1.81. The lowest BCUT2D eigenvalue weighted by atomic mass is 9.72. The van der Waals surface area contributed by atoms with Crippen molar-refractivity contribution >= 4 is 29.0 Å². The Morgan fingerprint density at radius 3 is 2.38 bits per heavy atom. The van der Waals surface area contributed by atoms with E-state index in [1.54, 1.807) is 19.1 Å². The van der Waals surface area contributed by atoms with Crippen LogP contribution in [-0.2, 0) is 43.2 Å². The van der Waals surface area contributed by atoms with E-state index < -0.39 is 47.9 Å². The molecule has 10 unspecified atom stereocenters. The zero-order valence-electron chi connectivity index (χ0n) is 44.1. The summed E-state index contributed by atoms with van der Waals surface area (Å²) in [5, 5.41) is 32.3. The van der Waals surface area contributed by atoms with E-state index in [1.807, 2.05) is 19.1 Å². The molecule has 0 amide bonds. The molecule has 10 atom stereocenters. The van der Waals surface area contributed by atoms with Crippen LogP contribution in [0.5, 0.6) is 5.75 Å². The molecule has 1 aromatic heterocycles. The van der Waals surface area contributed by atoms with Gasteiger partial charge in [-0.1, -0.05) is 127 Å². The van der Waals surface area contributed by atoms with Crippen LogP contribution in [0.2, 0.25) is 0 Å². The largest absolute Gasteiger partial charge is 0.483 e. The van der Waals surface area contributed by atoms with Crippen LogP contribution in [0.4, 0.5) is 0 Å². The molecule has 1 saturated carbocycles. The number of aliphatic hydroxyl groups is 3. The predicted molar refractivity (Wildman–Crippen MR) is 294 cm³/mol. The fraction of sp³-hybridized carbons (Fsp3) is 0.379. The molecule has 11 heteroatoms. The van der Waals surface area contributed by atoms with Gasteiger partial charge in [-0.3, -0.25) is 4.79 Å². The highest BCUT2D eigenvalue weighted by Gasteiger charge is 2.59. The second-order valence-electron chi connectivity index (χ2n) is 22.2. The molecule has 3 aliphatic heterocycles. The minimum Gasteiger partial charge on any atom is -0.483 e. The van der Waals surface area contributed by atoms with Gasteiger partial charge in [-0.15, -0.1) is 0 Å². The number of hydrogen-bond donors (Lipinski definition) is 3. The van der Waals surface area contributed by atoms with Gasteiger partial charge in [0.1, 0.15) is 16.9 Å². The topological polar surface area (TPSA) is 162 Å². The zero-order valence-corrected chi connectivity index (χ0v) is 44.1. The monoisotopic (exact) mass is 1040 g/mol. The number of fused-ring (bicyclic) bond motifs is 14. The molecule has 5 aromatic carbocycles. The summed E-state index contributed by atoms with van der Waals surface area (Å²) >= 11 is 0. The first-order chi connectivity index (χ1) is 37.5. The highest BCUT2D eigenvalue weighted by Crippen LogP contribution is 2.57. The minimum absolute atomic E-state index is 0.00553. The Hall–Kier alpha value is -6.89. The molecule has 4 heterocycles. The van der Waals surface area contributed by atoms with Crippen molar-refractivity contribution in [3.8, 4) is 5.75 Å². The summed E-state index contributed by atoms with van der Waals surface area (Å²) in [5.41, 5.74) is 7.44. The number of hydrogen-bond acceptors (Lipinski definition) is 11. The third kappa shape index (κ3) is 10.2. The minimum atomic E-state index is -1.37. The van der Waals surface area contributed by atoms with E-state index in [0.29, 0.717) is 48.0 Å². The van der Waals surface area contributed by atoms with Crippen LogP contribution >= 0.6 is 0 Å². The van der Waals surface area contributed by atoms with Crippen molar-refractivity contribution in [2.24, 2.45) is 17.8 Å². The number of allylic oxidation sites excluding steroid dienone is 3. The Kier molecular flexibility index (Phi) is 15.1. The van der Waals surface area contributed by atoms with E-state index in [1.165, 1.54) is 23.8 Å². The average Bonchev–Trinajstić information content (AvgIpc) is 3.91. The van der Waals surface area contributed by atoms with E-state index in [2.05, 4.69) is 115 Å². The van der Waals surface area contributed by atoms with Crippen LogP contribution in [-0.4, -0.2) is 65.9 Å². The lowest BCUT2D eigenvalue weighted by Crippen LogP contribution is -2.58. The third-order valence-electron chi connectivity index (χ3n) is 17.6. The highest BCUT2D eigenvalue weighted by atomic mass is 16.6. The summed E-state index contributed by atoms with van der Waals surface area (Å²) < 4.78 is 33.1. The second-order valence-corrected chi connectivity index (χ2v) is 22.2. The molecule has 398 valence electrons. The number of esters is 2. The lowest BCUT2D eigenvalue weighted by molar-refractivity contribution is -0.199. The van der Waals surface area contributed by atoms with Gasteiger partial charge >= 0.3 is 17.6 Å². The van der Waals surface area contributed by atoms with Crippen LogP contribution in [0.25, 0.3) is 17.0 Å². The van der Waals surface area contributed by atoms with Crippen molar-refractivity contribution < 1.29 is 48.3 Å². The van der Waals surface area contributed by atoms with Gasteiger partial charge in [-0.25, -0.2) is 9.59 Å². The normalized spacial score (nSPS) is 26.8. The number of rotatable bonds is 11. The molecular formula is C66H68O11. The second kappa shape index (κ2) is 22.2. The molecule has 6 aromatic rings. The maximum atomic E-state index is 15.5. The number of aryl methyl sites for hydroxylation is 1. The van der Waals surface area contributed by atoms with Crippen molar-refractivity contribution in [1.82, 2.24) is 0 Å². The number of methoxy groups -OCH3 is 1. The Balaban J connectivity index is 1.06. The molecule has 0 radical (unpaired) electrons. The van der Waals surface area contributed by atoms with E-state index in [4.69, 9.17) is 23.4 Å². The molecule has 0 spiro atoms. The maximum absolute atomic E-state index is 15.5. The molecule has 77 heavy (non-hydrogen) atoms. The van der Waals surface area contributed by atoms with Gasteiger partial charge in [-0.2, -0.15) is 0 Å². The molecular weight excluding hydrogens is 969 g/mol. The highest BCUT2D eigenvalue weighted by molar-refractivity contribution is 5.90. The van der Waals surface area contributed by atoms with Crippen LogP contribution in [0.1, 0.15) is 138 Å². The van der Waals surface area contributed by atoms with Crippen molar-refractivity contribution in [3.05, 3.63) is 211 Å². The molecule has 11 nitrogen and oxygen atoms in total. The standard InChI is InChI=1S/C66H68O11/c1-39(36-68)51-24-18-40-16-19-44(20-17-40)52-25-23-46(45-14-9-12-42(31-45)30-41-10-5-4-6-11-41)32-49(52)34-58(70)74-62-60-57(27-26-54-56(37-69)59(65(72)75-61(54)60)48(28-29-67)38-73-3)77-66(2,63(62)76-64(51)71)50-33-47-22-21-43-13-7-8-15-53(43)55(47)35-50/h4-17,19-23,25-27,31,46-50,52,55,62-63,67-69H,18,24,28-30,32-38H2,1-3H3. The van der Waals surface area contributed by atoms with Crippen molar-refractivity contribution in [1.29, 1.82) is 0 Å². The first-order valence-electron chi connectivity index (χ1n) is 27.4. The number of benzene rings is 5. The molecule has 0 saturated heterocycles. The predicted octanol–water partition coefficient (Wildman–Crippen LogP) is 11.3. The smallest absolute Gasteiger partial charge is 0.340 e. The van der Waals surface area contributed by atoms with Crippen LogP contribution in [0, 0.1) is 17.8 Å². The Morgan fingerprint density at radius 1 is 0.805 bits per heavy atom. The maximum Gasteiger partial charge on any atom is 0.340 e. The van der Waals surface area contributed by atoms with E-state index in [0.717, 1.165) is 28.7 Å². The van der Waals surface area contributed by atoms with E-state index >= 15 is 9.59 Å². The molecule has 12 rings (SSSR count). The number of carbonyl (C=O) groups excluding carboxylic acids is 2. The summed E-state index contributed by atoms with van der Waals surface area (Å²) in [6.45, 7) is 2.58. The van der Waals surface area contributed by atoms with Crippen LogP contribution in [0.3, 0.4) is 0 Å². The van der Waals surface area contributed by atoms with Gasteiger partial charge in [0.05, 0.1) is 25.4 Å². The number of aliphatic hydroxyl groups excluding tert-OH is 3. The quantitative estimate of drug-likeness (QED) is 0.0490. The average molecular weight is 1040 g/mol. The first-order valence-corrected chi connectivity index (χ1v) is 27.4. The Morgan fingerprint density at radius 2 is 1.60 bits per heavy atom. The Labute approximate surface area is 449 Å². The van der Waals surface area contributed by atoms with Gasteiger partial charge in [0.25, 0.3) is 0 Å². The molecule has 6 aliphatic rings. The SMILES string of the molecule is COCC(CCO)c1c(CO)c2ccc3c(c2oc1=O)C1OC(=O)CC2CC(c4cccc(Cc5ccccc5)c4)C=CC2c2ccc(cc2)CCC(=C(C)CO)C(=O)OC1C(C)(C1CC2C=Cc4ccccc4C2C1)O3. The summed E-state index contributed by atoms with van der Waals surface area (Å²) in [4.78, 5) is 45.2. The molecule has 3 N–H and O–H groups in total.